The van der Waals surface area contributed by atoms with Gasteiger partial charge in [-0.15, -0.1) is 16.8 Å². The SMILES string of the molecule is C=C1CC(/C=C/C2=C(C(=O)O)N3C(=O)[C@@H](CC(=O)Cc4ccccc4)C3SC2)N(C)O1. The molecule has 0 radical (unpaired) electrons. The summed E-state index contributed by atoms with van der Waals surface area (Å²) < 4.78 is 0. The Labute approximate surface area is 185 Å². The summed E-state index contributed by atoms with van der Waals surface area (Å²) in [6.45, 7) is 3.80. The summed E-state index contributed by atoms with van der Waals surface area (Å²) in [6.07, 6.45) is 4.68. The number of hydrogen-bond donors (Lipinski definition) is 1. The fourth-order valence-electron chi connectivity index (χ4n) is 4.13. The van der Waals surface area contributed by atoms with E-state index in [1.54, 1.807) is 18.2 Å². The number of benzene rings is 1. The third-order valence-electron chi connectivity index (χ3n) is 5.70. The van der Waals surface area contributed by atoms with E-state index in [0.717, 1.165) is 5.56 Å². The predicted octanol–water partition coefficient (Wildman–Crippen LogP) is 2.76. The lowest BCUT2D eigenvalue weighted by Gasteiger charge is -2.49. The minimum atomic E-state index is -1.13. The summed E-state index contributed by atoms with van der Waals surface area (Å²) in [4.78, 5) is 44.0. The number of hydrogen-bond acceptors (Lipinski definition) is 6. The fraction of sp³-hybridized carbons (Fsp3) is 0.348. The van der Waals surface area contributed by atoms with E-state index in [0.29, 0.717) is 23.5 Å². The van der Waals surface area contributed by atoms with Gasteiger partial charge >= 0.3 is 5.97 Å². The number of aliphatic carboxylic acids is 1. The molecule has 1 amide bonds. The molecular weight excluding hydrogens is 416 g/mol. The zero-order valence-corrected chi connectivity index (χ0v) is 18.0. The highest BCUT2D eigenvalue weighted by Crippen LogP contribution is 2.45. The topological polar surface area (TPSA) is 87.2 Å². The summed E-state index contributed by atoms with van der Waals surface area (Å²) in [5, 5.41) is 11.1. The van der Waals surface area contributed by atoms with Crippen LogP contribution in [0.3, 0.4) is 0 Å². The van der Waals surface area contributed by atoms with E-state index in [1.165, 1.54) is 16.7 Å². The smallest absolute Gasteiger partial charge is 0.352 e. The summed E-state index contributed by atoms with van der Waals surface area (Å²) in [5.74, 6) is -0.790. The zero-order chi connectivity index (χ0) is 22.1. The number of β-lactam (4-membered cyclic amide) rings is 1. The van der Waals surface area contributed by atoms with E-state index in [-0.39, 0.29) is 41.6 Å². The number of hydroxylamine groups is 2. The van der Waals surface area contributed by atoms with Gasteiger partial charge in [0.2, 0.25) is 5.91 Å². The minimum absolute atomic E-state index is 0.0113. The Kier molecular flexibility index (Phi) is 6.02. The molecule has 1 aromatic carbocycles. The molecule has 0 saturated carbocycles. The molecule has 0 spiro atoms. The van der Waals surface area contributed by atoms with Crippen LogP contribution in [0.4, 0.5) is 0 Å². The number of amides is 1. The van der Waals surface area contributed by atoms with E-state index in [1.807, 2.05) is 36.4 Å². The van der Waals surface area contributed by atoms with Gasteiger partial charge in [-0.2, -0.15) is 0 Å². The van der Waals surface area contributed by atoms with Gasteiger partial charge in [-0.3, -0.25) is 14.5 Å². The third kappa shape index (κ3) is 4.31. The van der Waals surface area contributed by atoms with E-state index in [9.17, 15) is 19.5 Å². The molecule has 0 bridgehead atoms. The Balaban J connectivity index is 1.46. The van der Waals surface area contributed by atoms with Gasteiger partial charge in [0.25, 0.3) is 0 Å². The lowest BCUT2D eigenvalue weighted by Crippen LogP contribution is -2.61. The highest BCUT2D eigenvalue weighted by atomic mass is 32.2. The highest BCUT2D eigenvalue weighted by Gasteiger charge is 2.53. The number of thioether (sulfide) groups is 1. The fourth-order valence-corrected chi connectivity index (χ4v) is 5.52. The van der Waals surface area contributed by atoms with Crippen LogP contribution in [0.2, 0.25) is 0 Å². The first-order valence-electron chi connectivity index (χ1n) is 10.1. The van der Waals surface area contributed by atoms with Crippen LogP contribution in [0, 0.1) is 5.92 Å². The number of rotatable bonds is 7. The van der Waals surface area contributed by atoms with E-state index in [2.05, 4.69) is 6.58 Å². The molecule has 2 unspecified atom stereocenters. The molecule has 1 aromatic rings. The molecule has 2 fully saturated rings. The molecule has 8 heteroatoms. The van der Waals surface area contributed by atoms with Gasteiger partial charge in [0.05, 0.1) is 17.3 Å². The third-order valence-corrected chi connectivity index (χ3v) is 7.06. The maximum absolute atomic E-state index is 12.8. The second-order valence-electron chi connectivity index (χ2n) is 7.91. The number of carboxylic acids is 1. The number of carbonyl (C=O) groups is 3. The van der Waals surface area contributed by atoms with Crippen molar-refractivity contribution in [2.24, 2.45) is 5.92 Å². The lowest BCUT2D eigenvalue weighted by atomic mass is 9.89. The Hall–Kier alpha value is -2.84. The molecule has 3 aliphatic heterocycles. The standard InChI is InChI=1S/C23H24N2O5S/c1-14-10-17(24(2)30-14)9-8-16-13-31-22-19(21(27)25(22)20(16)23(28)29)12-18(26)11-15-6-4-3-5-7-15/h3-9,17,19,22H,1,10-13H2,2H3,(H,28,29)/b9-8+/t17?,19-,22?/m1/s1. The van der Waals surface area contributed by atoms with Gasteiger partial charge in [0.15, 0.2) is 0 Å². The van der Waals surface area contributed by atoms with Gasteiger partial charge in [-0.25, -0.2) is 4.79 Å². The number of Topliss-reactive ketones (excluding diaryl/α,β-unsaturated/α-hetero) is 1. The van der Waals surface area contributed by atoms with Crippen LogP contribution in [0.1, 0.15) is 18.4 Å². The Morgan fingerprint density at radius 2 is 2.06 bits per heavy atom. The van der Waals surface area contributed by atoms with Crippen LogP contribution in [0.15, 0.2) is 66.1 Å². The molecule has 2 saturated heterocycles. The molecule has 1 N–H and O–H groups in total. The van der Waals surface area contributed by atoms with Gasteiger partial charge in [-0.05, 0) is 11.1 Å². The average molecular weight is 441 g/mol. The van der Waals surface area contributed by atoms with Crippen LogP contribution in [-0.4, -0.2) is 56.9 Å². The number of nitrogens with zero attached hydrogens (tertiary/aromatic N) is 2. The maximum Gasteiger partial charge on any atom is 0.352 e. The van der Waals surface area contributed by atoms with Gasteiger partial charge < -0.3 is 9.94 Å². The zero-order valence-electron chi connectivity index (χ0n) is 17.2. The van der Waals surface area contributed by atoms with Crippen molar-refractivity contribution in [3.05, 3.63) is 71.7 Å². The normalized spacial score (nSPS) is 26.1. The van der Waals surface area contributed by atoms with Crippen molar-refractivity contribution in [1.82, 2.24) is 9.96 Å². The largest absolute Gasteiger partial charge is 0.477 e. The molecule has 3 aliphatic rings. The second-order valence-corrected chi connectivity index (χ2v) is 9.01. The number of carboxylic acid groups (broad SMARTS) is 1. The molecule has 3 atom stereocenters. The van der Waals surface area contributed by atoms with Crippen LogP contribution >= 0.6 is 11.8 Å². The van der Waals surface area contributed by atoms with E-state index in [4.69, 9.17) is 4.84 Å². The van der Waals surface area contributed by atoms with E-state index >= 15 is 0 Å². The second kappa shape index (κ2) is 8.72. The molecule has 7 nitrogen and oxygen atoms in total. The highest BCUT2D eigenvalue weighted by molar-refractivity contribution is 8.00. The Morgan fingerprint density at radius 3 is 2.71 bits per heavy atom. The van der Waals surface area contributed by atoms with Crippen molar-refractivity contribution in [3.63, 3.8) is 0 Å². The van der Waals surface area contributed by atoms with Gasteiger partial charge in [0, 0.05) is 32.1 Å². The quantitative estimate of drug-likeness (QED) is 0.653. The predicted molar refractivity (Wildman–Crippen MR) is 117 cm³/mol. The van der Waals surface area contributed by atoms with Crippen molar-refractivity contribution in [2.45, 2.75) is 30.7 Å². The monoisotopic (exact) mass is 440 g/mol. The molecule has 3 heterocycles. The van der Waals surface area contributed by atoms with Crippen molar-refractivity contribution in [3.8, 4) is 0 Å². The number of carbonyl (C=O) groups excluding carboxylic acids is 2. The molecule has 0 aliphatic carbocycles. The maximum atomic E-state index is 12.8. The minimum Gasteiger partial charge on any atom is -0.477 e. The van der Waals surface area contributed by atoms with Gasteiger partial charge in [0.1, 0.15) is 17.2 Å². The first-order chi connectivity index (χ1) is 14.8. The van der Waals surface area contributed by atoms with Crippen LogP contribution in [0.25, 0.3) is 0 Å². The first-order valence-corrected chi connectivity index (χ1v) is 11.1. The molecule has 0 aromatic heterocycles. The van der Waals surface area contributed by atoms with Crippen LogP contribution < -0.4 is 0 Å². The first kappa shape index (κ1) is 21.4. The summed E-state index contributed by atoms with van der Waals surface area (Å²) in [6, 6.07) is 9.37. The van der Waals surface area contributed by atoms with Crippen molar-refractivity contribution >= 4 is 29.4 Å². The number of allylic oxidation sites excluding steroid dienone is 1. The average Bonchev–Trinajstić information content (AvgIpc) is 3.07. The number of fused-ring (bicyclic) bond motifs is 1. The van der Waals surface area contributed by atoms with Crippen LogP contribution in [-0.2, 0) is 25.6 Å². The molecule has 31 heavy (non-hydrogen) atoms. The number of ketones is 1. The van der Waals surface area contributed by atoms with Crippen molar-refractivity contribution in [2.75, 3.05) is 12.8 Å². The molecule has 4 rings (SSSR count). The van der Waals surface area contributed by atoms with Crippen molar-refractivity contribution < 1.29 is 24.3 Å². The summed E-state index contributed by atoms with van der Waals surface area (Å²) in [5.41, 5.74) is 1.51. The molecule has 162 valence electrons. The summed E-state index contributed by atoms with van der Waals surface area (Å²) in [7, 11) is 1.79. The Morgan fingerprint density at radius 1 is 1.32 bits per heavy atom. The van der Waals surface area contributed by atoms with Crippen LogP contribution in [0.5, 0.6) is 0 Å². The molecular formula is C23H24N2O5S. The van der Waals surface area contributed by atoms with Gasteiger partial charge in [-0.1, -0.05) is 49.1 Å². The van der Waals surface area contributed by atoms with Crippen molar-refractivity contribution in [1.29, 1.82) is 0 Å². The Bertz CT molecular complexity index is 987. The number of likely N-dealkylation sites (N-methyl/N-ethyl adjacent to an activating group) is 1. The summed E-state index contributed by atoms with van der Waals surface area (Å²) >= 11 is 1.50. The lowest BCUT2D eigenvalue weighted by molar-refractivity contribution is -0.153. The van der Waals surface area contributed by atoms with E-state index < -0.39 is 11.9 Å².